The van der Waals surface area contributed by atoms with Crippen LogP contribution >= 0.6 is 11.3 Å². The molecule has 0 spiro atoms. The molecule has 2 N–H and O–H groups in total. The number of nitrogens with one attached hydrogen (secondary N) is 2. The molecule has 5 heteroatoms. The van der Waals surface area contributed by atoms with Gasteiger partial charge in [-0.3, -0.25) is 4.79 Å². The maximum atomic E-state index is 11.6. The highest BCUT2D eigenvalue weighted by Crippen LogP contribution is 2.22. The summed E-state index contributed by atoms with van der Waals surface area (Å²) in [5, 5.41) is 7.98. The lowest BCUT2D eigenvalue weighted by Gasteiger charge is -2.23. The zero-order valence-electron chi connectivity index (χ0n) is 11.0. The Bertz CT molecular complexity index is 362. The molecule has 100 valence electrons. The zero-order chi connectivity index (χ0) is 13.4. The van der Waals surface area contributed by atoms with E-state index >= 15 is 0 Å². The van der Waals surface area contributed by atoms with Crippen molar-refractivity contribution in [3.8, 4) is 0 Å². The molecular weight excluding hydrogens is 246 g/mol. The number of rotatable bonds is 8. The molecule has 0 bridgehead atoms. The van der Waals surface area contributed by atoms with Gasteiger partial charge in [0.1, 0.15) is 0 Å². The summed E-state index contributed by atoms with van der Waals surface area (Å²) in [5.41, 5.74) is 0. The molecule has 4 nitrogen and oxygen atoms in total. The van der Waals surface area contributed by atoms with Crippen LogP contribution in [0.5, 0.6) is 0 Å². The maximum Gasteiger partial charge on any atom is 0.234 e. The highest BCUT2D eigenvalue weighted by Gasteiger charge is 2.15. The first kappa shape index (κ1) is 14.9. The Morgan fingerprint density at radius 2 is 2.39 bits per heavy atom. The first-order valence-electron chi connectivity index (χ1n) is 5.93. The number of amides is 1. The van der Waals surface area contributed by atoms with E-state index in [0.717, 1.165) is 0 Å². The molecule has 1 unspecified atom stereocenters. The number of likely N-dealkylation sites (N-methyl/N-ethyl adjacent to an activating group) is 1. The van der Waals surface area contributed by atoms with Crippen molar-refractivity contribution in [2.45, 2.75) is 6.04 Å². The molecule has 0 aromatic carbocycles. The predicted octanol–water partition coefficient (Wildman–Crippen LogP) is 1.24. The third kappa shape index (κ3) is 5.00. The third-order valence-corrected chi connectivity index (χ3v) is 3.54. The highest BCUT2D eigenvalue weighted by molar-refractivity contribution is 7.10. The van der Waals surface area contributed by atoms with Crippen molar-refractivity contribution in [3.05, 3.63) is 35.0 Å². The Balaban J connectivity index is 2.39. The highest BCUT2D eigenvalue weighted by atomic mass is 32.1. The second kappa shape index (κ2) is 8.02. The zero-order valence-corrected chi connectivity index (χ0v) is 11.8. The fraction of sp³-hybridized carbons (Fsp3) is 0.462. The second-order valence-electron chi connectivity index (χ2n) is 4.22. The van der Waals surface area contributed by atoms with Crippen LogP contribution < -0.4 is 10.6 Å². The van der Waals surface area contributed by atoms with E-state index in [1.165, 1.54) is 4.88 Å². The van der Waals surface area contributed by atoms with E-state index in [-0.39, 0.29) is 11.9 Å². The molecule has 1 atom stereocenters. The summed E-state index contributed by atoms with van der Waals surface area (Å²) in [5.74, 6) is 0.0141. The molecule has 1 amide bonds. The number of thiophene rings is 1. The van der Waals surface area contributed by atoms with Crippen LogP contribution in [0.25, 0.3) is 0 Å². The van der Waals surface area contributed by atoms with Crippen LogP contribution in [0.15, 0.2) is 30.2 Å². The van der Waals surface area contributed by atoms with Gasteiger partial charge in [-0.2, -0.15) is 0 Å². The van der Waals surface area contributed by atoms with Gasteiger partial charge in [0, 0.05) is 18.0 Å². The van der Waals surface area contributed by atoms with Crippen LogP contribution in [0.2, 0.25) is 0 Å². The Morgan fingerprint density at radius 1 is 1.61 bits per heavy atom. The Labute approximate surface area is 113 Å². The summed E-state index contributed by atoms with van der Waals surface area (Å²) < 4.78 is 0. The Morgan fingerprint density at radius 3 is 2.94 bits per heavy atom. The van der Waals surface area contributed by atoms with Crippen LogP contribution in [-0.2, 0) is 4.79 Å². The monoisotopic (exact) mass is 267 g/mol. The van der Waals surface area contributed by atoms with Gasteiger partial charge in [-0.1, -0.05) is 12.1 Å². The van der Waals surface area contributed by atoms with Crippen molar-refractivity contribution >= 4 is 17.2 Å². The standard InChI is InChI=1S/C13H21N3OS/c1-4-7-14-10-13(17)15-9-11(16(2)3)12-6-5-8-18-12/h4-6,8,11,14H,1,7,9-10H2,2-3H3,(H,15,17). The average Bonchev–Trinajstić information content (AvgIpc) is 2.83. The number of nitrogens with zero attached hydrogens (tertiary/aromatic N) is 1. The second-order valence-corrected chi connectivity index (χ2v) is 5.20. The van der Waals surface area contributed by atoms with E-state index in [0.29, 0.717) is 19.6 Å². The van der Waals surface area contributed by atoms with Crippen LogP contribution in [0, 0.1) is 0 Å². The van der Waals surface area contributed by atoms with E-state index in [1.807, 2.05) is 20.2 Å². The van der Waals surface area contributed by atoms with Gasteiger partial charge in [-0.15, -0.1) is 17.9 Å². The van der Waals surface area contributed by atoms with E-state index in [2.05, 4.69) is 33.6 Å². The van der Waals surface area contributed by atoms with Gasteiger partial charge in [-0.05, 0) is 25.5 Å². The number of hydrogen-bond acceptors (Lipinski definition) is 4. The third-order valence-electron chi connectivity index (χ3n) is 2.56. The van der Waals surface area contributed by atoms with Gasteiger partial charge in [0.15, 0.2) is 0 Å². The van der Waals surface area contributed by atoms with Crippen molar-refractivity contribution in [2.24, 2.45) is 0 Å². The molecule has 18 heavy (non-hydrogen) atoms. The van der Waals surface area contributed by atoms with E-state index in [9.17, 15) is 4.79 Å². The van der Waals surface area contributed by atoms with Crippen LogP contribution in [-0.4, -0.2) is 44.5 Å². The summed E-state index contributed by atoms with van der Waals surface area (Å²) in [6.07, 6.45) is 1.74. The van der Waals surface area contributed by atoms with Gasteiger partial charge in [-0.25, -0.2) is 0 Å². The topological polar surface area (TPSA) is 44.4 Å². The quantitative estimate of drug-likeness (QED) is 0.550. The van der Waals surface area contributed by atoms with Gasteiger partial charge in [0.25, 0.3) is 0 Å². The summed E-state index contributed by atoms with van der Waals surface area (Å²) >= 11 is 1.71. The van der Waals surface area contributed by atoms with E-state index in [4.69, 9.17) is 0 Å². The van der Waals surface area contributed by atoms with Crippen LogP contribution in [0.3, 0.4) is 0 Å². The summed E-state index contributed by atoms with van der Waals surface area (Å²) in [6, 6.07) is 4.36. The first-order valence-corrected chi connectivity index (χ1v) is 6.81. The molecule has 0 saturated carbocycles. The Hall–Kier alpha value is -1.17. The first-order chi connectivity index (χ1) is 8.65. The van der Waals surface area contributed by atoms with Crippen LogP contribution in [0.1, 0.15) is 10.9 Å². The summed E-state index contributed by atoms with van der Waals surface area (Å²) in [4.78, 5) is 15.0. The largest absolute Gasteiger partial charge is 0.353 e. The fourth-order valence-corrected chi connectivity index (χ4v) is 2.50. The van der Waals surface area contributed by atoms with Crippen molar-refractivity contribution < 1.29 is 4.79 Å². The molecule has 1 aromatic heterocycles. The number of carbonyl (C=O) groups is 1. The molecule has 0 fully saturated rings. The molecule has 1 rings (SSSR count). The minimum Gasteiger partial charge on any atom is -0.353 e. The van der Waals surface area contributed by atoms with E-state index < -0.39 is 0 Å². The molecule has 0 saturated heterocycles. The maximum absolute atomic E-state index is 11.6. The lowest BCUT2D eigenvalue weighted by Crippen LogP contribution is -2.38. The molecule has 0 aliphatic rings. The molecule has 0 aliphatic heterocycles. The molecular formula is C13H21N3OS. The number of hydrogen-bond donors (Lipinski definition) is 2. The fourth-order valence-electron chi connectivity index (χ4n) is 1.58. The normalized spacial score (nSPS) is 12.4. The minimum absolute atomic E-state index is 0.0141. The van der Waals surface area contributed by atoms with Crippen LogP contribution in [0.4, 0.5) is 0 Å². The summed E-state index contributed by atoms with van der Waals surface area (Å²) in [7, 11) is 4.04. The molecule has 0 aliphatic carbocycles. The van der Waals surface area contributed by atoms with E-state index in [1.54, 1.807) is 17.4 Å². The Kier molecular flexibility index (Phi) is 6.64. The van der Waals surface area contributed by atoms with Crippen molar-refractivity contribution in [1.29, 1.82) is 0 Å². The molecule has 1 heterocycles. The minimum atomic E-state index is 0.0141. The molecule has 0 radical (unpaired) electrons. The van der Waals surface area contributed by atoms with Gasteiger partial charge >= 0.3 is 0 Å². The summed E-state index contributed by atoms with van der Waals surface area (Å²) in [6.45, 7) is 5.19. The SMILES string of the molecule is C=CCNCC(=O)NCC(c1cccs1)N(C)C. The predicted molar refractivity (Wildman–Crippen MR) is 76.8 cm³/mol. The lowest BCUT2D eigenvalue weighted by atomic mass is 10.2. The smallest absolute Gasteiger partial charge is 0.234 e. The van der Waals surface area contributed by atoms with Gasteiger partial charge in [0.2, 0.25) is 5.91 Å². The van der Waals surface area contributed by atoms with Gasteiger partial charge in [0.05, 0.1) is 12.6 Å². The number of carbonyl (C=O) groups excluding carboxylic acids is 1. The van der Waals surface area contributed by atoms with Crippen molar-refractivity contribution in [2.75, 3.05) is 33.7 Å². The average molecular weight is 267 g/mol. The van der Waals surface area contributed by atoms with Crippen molar-refractivity contribution in [3.63, 3.8) is 0 Å². The lowest BCUT2D eigenvalue weighted by molar-refractivity contribution is -0.120. The van der Waals surface area contributed by atoms with Gasteiger partial charge < -0.3 is 15.5 Å². The molecule has 1 aromatic rings. The van der Waals surface area contributed by atoms with Crippen molar-refractivity contribution in [1.82, 2.24) is 15.5 Å².